The number of imide groups is 1. The summed E-state index contributed by atoms with van der Waals surface area (Å²) >= 11 is 0. The second kappa shape index (κ2) is 5.75. The quantitative estimate of drug-likeness (QED) is 0.493. The Kier molecular flexibility index (Phi) is 3.36. The molecular formula is C27H29NO2. The fourth-order valence-corrected chi connectivity index (χ4v) is 8.65. The maximum absolute atomic E-state index is 13.6. The molecule has 30 heavy (non-hydrogen) atoms. The van der Waals surface area contributed by atoms with Crippen molar-refractivity contribution >= 4 is 17.5 Å². The molecular weight excluding hydrogens is 370 g/mol. The average molecular weight is 400 g/mol. The Bertz CT molecular complexity index is 978. The standard InChI is InChI=1S/C27H29NO2/c1-13-5-14(2)7-19(6-13)28-26(29)24-20-3-4-21(25(24)27(28)30)23(20)22-17-9-15-8-16(11-17)12-18(22)10-15/h3-7,15-18,20-21,24-25H,8-12H2,1-2H3/t15?,16?,17?,18?,20-,21-,24-,25+/m0/s1. The Morgan fingerprint density at radius 3 is 1.70 bits per heavy atom. The minimum Gasteiger partial charge on any atom is -0.274 e. The van der Waals surface area contributed by atoms with Crippen molar-refractivity contribution in [3.8, 4) is 0 Å². The van der Waals surface area contributed by atoms with Gasteiger partial charge in [0.15, 0.2) is 0 Å². The minimum absolute atomic E-state index is 0.0359. The molecule has 6 fully saturated rings. The van der Waals surface area contributed by atoms with E-state index in [9.17, 15) is 9.59 Å². The van der Waals surface area contributed by atoms with Crippen LogP contribution in [0.1, 0.15) is 43.2 Å². The third kappa shape index (κ3) is 2.11. The lowest BCUT2D eigenvalue weighted by Crippen LogP contribution is -2.41. The van der Waals surface area contributed by atoms with Crippen LogP contribution in [0, 0.1) is 61.2 Å². The number of carbonyl (C=O) groups is 2. The molecule has 0 N–H and O–H groups in total. The monoisotopic (exact) mass is 399 g/mol. The Morgan fingerprint density at radius 1 is 0.700 bits per heavy atom. The molecule has 1 aliphatic heterocycles. The summed E-state index contributed by atoms with van der Waals surface area (Å²) in [6.45, 7) is 4.06. The van der Waals surface area contributed by atoms with Gasteiger partial charge in [-0.25, -0.2) is 4.90 Å². The highest BCUT2D eigenvalue weighted by Crippen LogP contribution is 2.63. The fraction of sp³-hybridized carbons (Fsp3) is 0.556. The number of aryl methyl sites for hydroxylation is 2. The molecule has 1 saturated heterocycles. The predicted octanol–water partition coefficient (Wildman–Crippen LogP) is 4.98. The van der Waals surface area contributed by atoms with Gasteiger partial charge in [-0.2, -0.15) is 0 Å². The number of nitrogens with zero attached hydrogens (tertiary/aromatic N) is 1. The molecule has 0 radical (unpaired) electrons. The Labute approximate surface area is 178 Å². The van der Waals surface area contributed by atoms with Gasteiger partial charge in [-0.1, -0.05) is 29.4 Å². The van der Waals surface area contributed by atoms with E-state index < -0.39 is 0 Å². The molecule has 1 aromatic rings. The number of carbonyl (C=O) groups excluding carboxylic acids is 2. The van der Waals surface area contributed by atoms with Gasteiger partial charge < -0.3 is 0 Å². The Balaban J connectivity index is 1.29. The van der Waals surface area contributed by atoms with Crippen molar-refractivity contribution in [3.05, 3.63) is 52.6 Å². The van der Waals surface area contributed by atoms with Crippen LogP contribution >= 0.6 is 0 Å². The van der Waals surface area contributed by atoms with Crippen LogP contribution in [-0.2, 0) is 9.59 Å². The van der Waals surface area contributed by atoms with Crippen LogP contribution in [0.25, 0.3) is 0 Å². The summed E-state index contributed by atoms with van der Waals surface area (Å²) in [5.41, 5.74) is 6.18. The Morgan fingerprint density at radius 2 is 1.20 bits per heavy atom. The molecule has 6 bridgehead atoms. The Hall–Kier alpha value is -2.16. The zero-order valence-electron chi connectivity index (χ0n) is 17.8. The van der Waals surface area contributed by atoms with Crippen molar-refractivity contribution in [2.45, 2.75) is 46.0 Å². The summed E-state index contributed by atoms with van der Waals surface area (Å²) in [5.74, 6) is 3.41. The van der Waals surface area contributed by atoms with Gasteiger partial charge in [-0.15, -0.1) is 0 Å². The van der Waals surface area contributed by atoms with Gasteiger partial charge >= 0.3 is 0 Å². The summed E-state index contributed by atoms with van der Waals surface area (Å²) < 4.78 is 0. The van der Waals surface area contributed by atoms with E-state index in [1.54, 1.807) is 5.57 Å². The lowest BCUT2D eigenvalue weighted by Gasteiger charge is -2.52. The molecule has 4 atom stereocenters. The van der Waals surface area contributed by atoms with Crippen molar-refractivity contribution in [1.82, 2.24) is 0 Å². The molecule has 154 valence electrons. The van der Waals surface area contributed by atoms with E-state index >= 15 is 0 Å². The van der Waals surface area contributed by atoms with Crippen molar-refractivity contribution in [2.24, 2.45) is 47.3 Å². The van der Waals surface area contributed by atoms with Crippen LogP contribution in [0.2, 0.25) is 0 Å². The lowest BCUT2D eigenvalue weighted by molar-refractivity contribution is -0.122. The molecule has 8 rings (SSSR count). The van der Waals surface area contributed by atoms with Gasteiger partial charge in [-0.3, -0.25) is 9.59 Å². The number of anilines is 1. The summed E-state index contributed by atoms with van der Waals surface area (Å²) in [7, 11) is 0. The highest BCUT2D eigenvalue weighted by molar-refractivity contribution is 6.23. The highest BCUT2D eigenvalue weighted by Gasteiger charge is 2.63. The largest absolute Gasteiger partial charge is 0.274 e. The van der Waals surface area contributed by atoms with Gasteiger partial charge in [0.05, 0.1) is 17.5 Å². The molecule has 0 aromatic heterocycles. The van der Waals surface area contributed by atoms with Gasteiger partial charge in [0.2, 0.25) is 11.8 Å². The summed E-state index contributed by atoms with van der Waals surface area (Å²) in [6, 6.07) is 6.06. The number of rotatable bonds is 1. The van der Waals surface area contributed by atoms with Crippen LogP contribution < -0.4 is 4.90 Å². The molecule has 2 amide bonds. The smallest absolute Gasteiger partial charge is 0.238 e. The average Bonchev–Trinajstić information content (AvgIpc) is 3.30. The summed E-state index contributed by atoms with van der Waals surface area (Å²) in [5, 5.41) is 0. The number of fused-ring (bicyclic) bond motifs is 5. The van der Waals surface area contributed by atoms with E-state index in [-0.39, 0.29) is 35.5 Å². The first-order chi connectivity index (χ1) is 14.5. The van der Waals surface area contributed by atoms with E-state index in [1.807, 2.05) is 26.0 Å². The van der Waals surface area contributed by atoms with E-state index in [4.69, 9.17) is 0 Å². The molecule has 1 heterocycles. The number of hydrogen-bond donors (Lipinski definition) is 0. The summed E-state index contributed by atoms with van der Waals surface area (Å²) in [4.78, 5) is 28.7. The van der Waals surface area contributed by atoms with E-state index in [0.29, 0.717) is 0 Å². The minimum atomic E-state index is -0.173. The van der Waals surface area contributed by atoms with Gasteiger partial charge in [-0.05, 0) is 92.9 Å². The van der Waals surface area contributed by atoms with Crippen molar-refractivity contribution in [3.63, 3.8) is 0 Å². The van der Waals surface area contributed by atoms with Crippen LogP contribution in [0.4, 0.5) is 5.69 Å². The second-order valence-electron chi connectivity index (χ2n) is 11.1. The first kappa shape index (κ1) is 17.5. The van der Waals surface area contributed by atoms with Crippen molar-refractivity contribution < 1.29 is 9.59 Å². The molecule has 5 saturated carbocycles. The predicted molar refractivity (Wildman–Crippen MR) is 116 cm³/mol. The molecule has 3 nitrogen and oxygen atoms in total. The number of hydrogen-bond acceptors (Lipinski definition) is 2. The van der Waals surface area contributed by atoms with Crippen LogP contribution in [0.3, 0.4) is 0 Å². The van der Waals surface area contributed by atoms with E-state index in [0.717, 1.165) is 40.5 Å². The highest BCUT2D eigenvalue weighted by atomic mass is 16.2. The molecule has 1 aromatic carbocycles. The maximum atomic E-state index is 13.6. The molecule has 0 unspecified atom stereocenters. The first-order valence-electron chi connectivity index (χ1n) is 11.9. The van der Waals surface area contributed by atoms with Gasteiger partial charge in [0.1, 0.15) is 0 Å². The fourth-order valence-electron chi connectivity index (χ4n) is 8.65. The second-order valence-corrected chi connectivity index (χ2v) is 11.1. The number of amides is 2. The van der Waals surface area contributed by atoms with Gasteiger partial charge in [0, 0.05) is 11.8 Å². The third-order valence-corrected chi connectivity index (χ3v) is 9.23. The van der Waals surface area contributed by atoms with E-state index in [2.05, 4.69) is 18.2 Å². The maximum Gasteiger partial charge on any atom is 0.238 e. The lowest BCUT2D eigenvalue weighted by atomic mass is 9.53. The van der Waals surface area contributed by atoms with Crippen molar-refractivity contribution in [1.29, 1.82) is 0 Å². The summed E-state index contributed by atoms with van der Waals surface area (Å²) in [6.07, 6.45) is 11.4. The van der Waals surface area contributed by atoms with Crippen LogP contribution in [0.5, 0.6) is 0 Å². The topological polar surface area (TPSA) is 37.4 Å². The van der Waals surface area contributed by atoms with Crippen LogP contribution in [0.15, 0.2) is 41.5 Å². The van der Waals surface area contributed by atoms with Gasteiger partial charge in [0.25, 0.3) is 0 Å². The van der Waals surface area contributed by atoms with Crippen molar-refractivity contribution in [2.75, 3.05) is 4.90 Å². The number of benzene rings is 1. The third-order valence-electron chi connectivity index (χ3n) is 9.23. The van der Waals surface area contributed by atoms with E-state index in [1.165, 1.54) is 42.6 Å². The zero-order valence-corrected chi connectivity index (χ0v) is 17.8. The van der Waals surface area contributed by atoms with Crippen LogP contribution in [-0.4, -0.2) is 11.8 Å². The normalized spacial score (nSPS) is 42.8. The zero-order chi connectivity index (χ0) is 20.3. The molecule has 6 aliphatic carbocycles. The molecule has 7 aliphatic rings. The first-order valence-corrected chi connectivity index (χ1v) is 11.9. The SMILES string of the molecule is Cc1cc(C)cc(N2C(=O)[C@@H]3[C@H](C2=O)[C@H]2C=C[C@H]3C2=C2C3CC4CC(C3)CC2C4)c1. The molecule has 0 spiro atoms. The number of allylic oxidation sites excluding steroid dienone is 4. The molecule has 3 heteroatoms.